The molecule has 0 unspecified atom stereocenters. The molecular weight excluding hydrogens is 288 g/mol. The third-order valence-electron chi connectivity index (χ3n) is 3.58. The van der Waals surface area contributed by atoms with Crippen LogP contribution in [-0.2, 0) is 0 Å². The number of nitrogen functional groups attached to an aromatic ring is 1. The van der Waals surface area contributed by atoms with Crippen LogP contribution in [0.3, 0.4) is 0 Å². The Hall–Kier alpha value is -3.15. The number of aryl methyl sites for hydroxylation is 2. The zero-order valence-electron chi connectivity index (χ0n) is 13.0. The number of benzene rings is 1. The van der Waals surface area contributed by atoms with Crippen molar-refractivity contribution in [2.75, 3.05) is 16.4 Å². The second kappa shape index (κ2) is 6.31. The fraction of sp³-hybridized carbons (Fsp3) is 0.118. The summed E-state index contributed by atoms with van der Waals surface area (Å²) in [5.74, 6) is 1.11. The van der Waals surface area contributed by atoms with E-state index in [4.69, 9.17) is 5.73 Å². The summed E-state index contributed by atoms with van der Waals surface area (Å²) in [4.78, 5) is 12.5. The van der Waals surface area contributed by atoms with E-state index in [2.05, 4.69) is 51.6 Å². The summed E-state index contributed by atoms with van der Waals surface area (Å²) in [6.07, 6.45) is 4.89. The molecule has 116 valence electrons. The molecule has 6 nitrogen and oxygen atoms in total. The summed E-state index contributed by atoms with van der Waals surface area (Å²) in [5, 5.41) is 6.37. The lowest BCUT2D eigenvalue weighted by Crippen LogP contribution is -2.05. The SMILES string of the molecule is Cc1ccc(Nc2ncnc(Nc3cccnc3)c2N)cc1C. The van der Waals surface area contributed by atoms with E-state index in [1.807, 2.05) is 18.2 Å². The maximum absolute atomic E-state index is 6.18. The molecule has 4 N–H and O–H groups in total. The lowest BCUT2D eigenvalue weighted by atomic mass is 10.1. The van der Waals surface area contributed by atoms with E-state index in [1.165, 1.54) is 17.5 Å². The van der Waals surface area contributed by atoms with E-state index in [0.717, 1.165) is 11.4 Å². The Morgan fingerprint density at radius 3 is 2.30 bits per heavy atom. The molecule has 0 aliphatic carbocycles. The van der Waals surface area contributed by atoms with Crippen LogP contribution in [0.15, 0.2) is 49.1 Å². The number of nitrogens with zero attached hydrogens (tertiary/aromatic N) is 3. The van der Waals surface area contributed by atoms with Crippen LogP contribution >= 0.6 is 0 Å². The van der Waals surface area contributed by atoms with Crippen molar-refractivity contribution >= 4 is 28.7 Å². The smallest absolute Gasteiger partial charge is 0.159 e. The van der Waals surface area contributed by atoms with E-state index in [0.29, 0.717) is 17.3 Å². The predicted octanol–water partition coefficient (Wildman–Crippen LogP) is 3.56. The number of aromatic nitrogens is 3. The molecule has 6 heteroatoms. The highest BCUT2D eigenvalue weighted by Gasteiger charge is 2.09. The molecule has 0 saturated carbocycles. The molecule has 0 spiro atoms. The van der Waals surface area contributed by atoms with Crippen LogP contribution in [0.1, 0.15) is 11.1 Å². The maximum Gasteiger partial charge on any atom is 0.159 e. The molecule has 3 aromatic rings. The summed E-state index contributed by atoms with van der Waals surface area (Å²) in [6, 6.07) is 9.85. The first-order chi connectivity index (χ1) is 11.1. The van der Waals surface area contributed by atoms with E-state index < -0.39 is 0 Å². The van der Waals surface area contributed by atoms with Crippen LogP contribution in [0.25, 0.3) is 0 Å². The molecule has 0 aliphatic heterocycles. The monoisotopic (exact) mass is 306 g/mol. The zero-order valence-corrected chi connectivity index (χ0v) is 13.0. The van der Waals surface area contributed by atoms with Gasteiger partial charge < -0.3 is 16.4 Å². The van der Waals surface area contributed by atoms with Gasteiger partial charge in [0.15, 0.2) is 11.6 Å². The third-order valence-corrected chi connectivity index (χ3v) is 3.58. The van der Waals surface area contributed by atoms with E-state index >= 15 is 0 Å². The second-order valence-electron chi connectivity index (χ2n) is 5.28. The zero-order chi connectivity index (χ0) is 16.2. The van der Waals surface area contributed by atoms with Crippen LogP contribution in [0.4, 0.5) is 28.7 Å². The maximum atomic E-state index is 6.18. The molecule has 2 heterocycles. The fourth-order valence-electron chi connectivity index (χ4n) is 2.12. The first-order valence-electron chi connectivity index (χ1n) is 7.25. The summed E-state index contributed by atoms with van der Waals surface area (Å²) in [7, 11) is 0. The topological polar surface area (TPSA) is 88.8 Å². The number of hydrogen-bond acceptors (Lipinski definition) is 6. The van der Waals surface area contributed by atoms with Crippen molar-refractivity contribution in [2.45, 2.75) is 13.8 Å². The van der Waals surface area contributed by atoms with Gasteiger partial charge in [-0.3, -0.25) is 4.98 Å². The number of nitrogens with two attached hydrogens (primary N) is 1. The van der Waals surface area contributed by atoms with E-state index in [1.54, 1.807) is 12.4 Å². The Kier molecular flexibility index (Phi) is 4.05. The highest BCUT2D eigenvalue weighted by Crippen LogP contribution is 2.28. The average molecular weight is 306 g/mol. The minimum absolute atomic E-state index is 0.453. The van der Waals surface area contributed by atoms with Crippen LogP contribution in [0, 0.1) is 13.8 Å². The lowest BCUT2D eigenvalue weighted by molar-refractivity contribution is 1.17. The van der Waals surface area contributed by atoms with Crippen LogP contribution < -0.4 is 16.4 Å². The standard InChI is InChI=1S/C17H18N6/c1-11-5-6-13(8-12(11)2)22-16-15(18)17(21-10-20-16)23-14-4-3-7-19-9-14/h3-10H,18H2,1-2H3,(H2,20,21,22,23). The first-order valence-corrected chi connectivity index (χ1v) is 7.25. The Bertz CT molecular complexity index is 817. The number of rotatable bonds is 4. The van der Waals surface area contributed by atoms with Crippen molar-refractivity contribution in [3.8, 4) is 0 Å². The van der Waals surface area contributed by atoms with Gasteiger partial charge in [-0.2, -0.15) is 0 Å². The normalized spacial score (nSPS) is 10.3. The summed E-state index contributed by atoms with van der Waals surface area (Å²) in [5.41, 5.74) is 10.8. The quantitative estimate of drug-likeness (QED) is 0.683. The van der Waals surface area contributed by atoms with E-state index in [9.17, 15) is 0 Å². The van der Waals surface area contributed by atoms with Gasteiger partial charge >= 0.3 is 0 Å². The van der Waals surface area contributed by atoms with E-state index in [-0.39, 0.29) is 0 Å². The van der Waals surface area contributed by atoms with Crippen molar-refractivity contribution in [1.29, 1.82) is 0 Å². The average Bonchev–Trinajstić information content (AvgIpc) is 2.56. The van der Waals surface area contributed by atoms with Crippen molar-refractivity contribution < 1.29 is 0 Å². The fourth-order valence-corrected chi connectivity index (χ4v) is 2.12. The first kappa shape index (κ1) is 14.8. The Labute approximate surface area is 134 Å². The summed E-state index contributed by atoms with van der Waals surface area (Å²) >= 11 is 0. The molecule has 23 heavy (non-hydrogen) atoms. The van der Waals surface area contributed by atoms with Gasteiger partial charge in [-0.15, -0.1) is 0 Å². The van der Waals surface area contributed by atoms with Gasteiger partial charge in [0.2, 0.25) is 0 Å². The van der Waals surface area contributed by atoms with Crippen molar-refractivity contribution in [1.82, 2.24) is 15.0 Å². The molecule has 0 aliphatic rings. The van der Waals surface area contributed by atoms with Gasteiger partial charge in [0.25, 0.3) is 0 Å². The lowest BCUT2D eigenvalue weighted by Gasteiger charge is -2.13. The van der Waals surface area contributed by atoms with Crippen molar-refractivity contribution in [3.63, 3.8) is 0 Å². The summed E-state index contributed by atoms with van der Waals surface area (Å²) in [6.45, 7) is 4.15. The number of anilines is 5. The third kappa shape index (κ3) is 3.37. The summed E-state index contributed by atoms with van der Waals surface area (Å²) < 4.78 is 0. The Balaban J connectivity index is 1.86. The van der Waals surface area contributed by atoms with Crippen molar-refractivity contribution in [2.24, 2.45) is 0 Å². The van der Waals surface area contributed by atoms with Crippen LogP contribution in [0.5, 0.6) is 0 Å². The molecular formula is C17H18N6. The van der Waals surface area contributed by atoms with Gasteiger partial charge in [0, 0.05) is 11.9 Å². The predicted molar refractivity (Wildman–Crippen MR) is 93.2 cm³/mol. The van der Waals surface area contributed by atoms with Gasteiger partial charge in [-0.1, -0.05) is 6.07 Å². The molecule has 0 radical (unpaired) electrons. The molecule has 1 aromatic carbocycles. The molecule has 3 rings (SSSR count). The number of pyridine rings is 1. The molecule has 0 bridgehead atoms. The van der Waals surface area contributed by atoms with Crippen LogP contribution in [0.2, 0.25) is 0 Å². The minimum atomic E-state index is 0.453. The highest BCUT2D eigenvalue weighted by atomic mass is 15.1. The molecule has 0 atom stereocenters. The van der Waals surface area contributed by atoms with Gasteiger partial charge in [-0.25, -0.2) is 9.97 Å². The molecule has 0 saturated heterocycles. The Morgan fingerprint density at radius 2 is 1.65 bits per heavy atom. The van der Waals surface area contributed by atoms with Crippen molar-refractivity contribution in [3.05, 3.63) is 60.2 Å². The molecule has 0 fully saturated rings. The van der Waals surface area contributed by atoms with Crippen LogP contribution in [-0.4, -0.2) is 15.0 Å². The second-order valence-corrected chi connectivity index (χ2v) is 5.28. The Morgan fingerprint density at radius 1 is 0.913 bits per heavy atom. The van der Waals surface area contributed by atoms with Gasteiger partial charge in [0.1, 0.15) is 12.0 Å². The largest absolute Gasteiger partial charge is 0.393 e. The molecule has 2 aromatic heterocycles. The number of hydrogen-bond donors (Lipinski definition) is 3. The van der Waals surface area contributed by atoms with Gasteiger partial charge in [0.05, 0.1) is 11.9 Å². The number of nitrogens with one attached hydrogen (secondary N) is 2. The highest BCUT2D eigenvalue weighted by molar-refractivity contribution is 5.80. The molecule has 0 amide bonds. The van der Waals surface area contributed by atoms with Gasteiger partial charge in [-0.05, 0) is 49.2 Å². The minimum Gasteiger partial charge on any atom is -0.393 e.